The Labute approximate surface area is 139 Å². The summed E-state index contributed by atoms with van der Waals surface area (Å²) in [5.41, 5.74) is 17.9. The van der Waals surface area contributed by atoms with Gasteiger partial charge in [0.1, 0.15) is 6.17 Å². The molecule has 2 aliphatic rings. The number of ether oxygens (including phenoxy) is 1. The van der Waals surface area contributed by atoms with Crippen molar-refractivity contribution < 1.29 is 4.74 Å². The van der Waals surface area contributed by atoms with E-state index in [0.717, 1.165) is 49.5 Å². The topological polar surface area (TPSA) is 101 Å². The van der Waals surface area contributed by atoms with E-state index in [1.54, 1.807) is 0 Å². The molecule has 0 fully saturated rings. The highest BCUT2D eigenvalue weighted by Gasteiger charge is 2.32. The Hall–Kier alpha value is -1.31. The second-order valence-corrected chi connectivity index (χ2v) is 6.22. The predicted octanol–water partition coefficient (Wildman–Crippen LogP) is 0.637. The fraction of sp³-hybridized carbons (Fsp3) is 0.812. The first kappa shape index (κ1) is 18.0. The van der Waals surface area contributed by atoms with Crippen LogP contribution in [-0.4, -0.2) is 48.9 Å². The van der Waals surface area contributed by atoms with Gasteiger partial charge in [0.25, 0.3) is 0 Å². The molecule has 0 aromatic heterocycles. The monoisotopic (exact) mass is 324 g/mol. The first-order chi connectivity index (χ1) is 11.1. The van der Waals surface area contributed by atoms with E-state index < -0.39 is 0 Å². The molecule has 0 bridgehead atoms. The Morgan fingerprint density at radius 3 is 2.91 bits per heavy atom. The molecule has 7 nitrogen and oxygen atoms in total. The number of hydrogen-bond donors (Lipinski definition) is 4. The smallest absolute Gasteiger partial charge is 0.120 e. The van der Waals surface area contributed by atoms with Crippen molar-refractivity contribution in [3.8, 4) is 0 Å². The molecule has 3 unspecified atom stereocenters. The lowest BCUT2D eigenvalue weighted by Crippen LogP contribution is -2.50. The molecule has 7 heteroatoms. The van der Waals surface area contributed by atoms with Crippen LogP contribution < -0.4 is 22.2 Å². The van der Waals surface area contributed by atoms with Gasteiger partial charge < -0.3 is 26.5 Å². The van der Waals surface area contributed by atoms with Crippen molar-refractivity contribution in [2.24, 2.45) is 16.5 Å². The van der Waals surface area contributed by atoms with E-state index in [9.17, 15) is 0 Å². The highest BCUT2D eigenvalue weighted by atomic mass is 16.5. The summed E-state index contributed by atoms with van der Waals surface area (Å²) in [6, 6.07) is 0.496. The van der Waals surface area contributed by atoms with Crippen LogP contribution in [0.1, 0.15) is 46.5 Å². The van der Waals surface area contributed by atoms with Gasteiger partial charge in [-0.1, -0.05) is 6.92 Å². The SMILES string of the molecule is CCOCCN1NC(CC)C(N)=C1C(N)NC1=NC(C)CCC1. The third-order valence-corrected chi connectivity index (χ3v) is 4.37. The van der Waals surface area contributed by atoms with Gasteiger partial charge in [0.05, 0.1) is 36.4 Å². The second-order valence-electron chi connectivity index (χ2n) is 6.22. The van der Waals surface area contributed by atoms with Crippen molar-refractivity contribution in [1.82, 2.24) is 15.8 Å². The zero-order valence-corrected chi connectivity index (χ0v) is 14.6. The lowest BCUT2D eigenvalue weighted by Gasteiger charge is -2.29. The van der Waals surface area contributed by atoms with E-state index in [2.05, 4.69) is 29.6 Å². The summed E-state index contributed by atoms with van der Waals surface area (Å²) in [5, 5.41) is 5.39. The molecule has 0 saturated heterocycles. The molecular weight excluding hydrogens is 292 g/mol. The lowest BCUT2D eigenvalue weighted by molar-refractivity contribution is 0.106. The van der Waals surface area contributed by atoms with Crippen LogP contribution in [-0.2, 0) is 4.74 Å². The number of rotatable bonds is 7. The fourth-order valence-corrected chi connectivity index (χ4v) is 3.12. The Morgan fingerprint density at radius 2 is 2.26 bits per heavy atom. The zero-order chi connectivity index (χ0) is 16.8. The van der Waals surface area contributed by atoms with Gasteiger partial charge in [0.2, 0.25) is 0 Å². The quantitative estimate of drug-likeness (QED) is 0.405. The van der Waals surface area contributed by atoms with E-state index in [1.807, 2.05) is 11.9 Å². The third kappa shape index (κ3) is 4.59. The van der Waals surface area contributed by atoms with Gasteiger partial charge in [-0.3, -0.25) is 4.99 Å². The van der Waals surface area contributed by atoms with Crippen molar-refractivity contribution in [3.05, 3.63) is 11.4 Å². The number of nitrogens with two attached hydrogens (primary N) is 2. The molecule has 0 radical (unpaired) electrons. The van der Waals surface area contributed by atoms with Gasteiger partial charge >= 0.3 is 0 Å². The summed E-state index contributed by atoms with van der Waals surface area (Å²) in [7, 11) is 0. The van der Waals surface area contributed by atoms with Crippen molar-refractivity contribution in [1.29, 1.82) is 0 Å². The molecule has 23 heavy (non-hydrogen) atoms. The Morgan fingerprint density at radius 1 is 1.48 bits per heavy atom. The average Bonchev–Trinajstić information content (AvgIpc) is 2.83. The maximum atomic E-state index is 6.40. The van der Waals surface area contributed by atoms with Crippen LogP contribution in [0.15, 0.2) is 16.4 Å². The van der Waals surface area contributed by atoms with Gasteiger partial charge in [-0.15, -0.1) is 0 Å². The van der Waals surface area contributed by atoms with Gasteiger partial charge in [0.15, 0.2) is 0 Å². The van der Waals surface area contributed by atoms with E-state index in [0.29, 0.717) is 19.3 Å². The van der Waals surface area contributed by atoms with Crippen molar-refractivity contribution in [2.45, 2.75) is 64.7 Å². The van der Waals surface area contributed by atoms with Gasteiger partial charge in [-0.05, 0) is 33.1 Å². The van der Waals surface area contributed by atoms with E-state index in [1.165, 1.54) is 0 Å². The Balaban J connectivity index is 2.06. The van der Waals surface area contributed by atoms with Gasteiger partial charge in [-0.2, -0.15) is 0 Å². The molecular formula is C16H32N6O. The summed E-state index contributed by atoms with van der Waals surface area (Å²) in [6.07, 6.45) is 3.81. The number of aliphatic imine (C=N–C) groups is 1. The normalized spacial score (nSPS) is 26.4. The van der Waals surface area contributed by atoms with Crippen LogP contribution in [0.25, 0.3) is 0 Å². The van der Waals surface area contributed by atoms with Crippen LogP contribution in [0.4, 0.5) is 0 Å². The Kier molecular flexibility index (Phi) is 6.68. The average molecular weight is 324 g/mol. The number of nitrogens with zero attached hydrogens (tertiary/aromatic N) is 2. The maximum absolute atomic E-state index is 6.40. The molecule has 2 rings (SSSR count). The van der Waals surface area contributed by atoms with Crippen molar-refractivity contribution in [2.75, 3.05) is 19.8 Å². The molecule has 132 valence electrons. The summed E-state index contributed by atoms with van der Waals surface area (Å²) >= 11 is 0. The van der Waals surface area contributed by atoms with Crippen LogP contribution in [0, 0.1) is 0 Å². The van der Waals surface area contributed by atoms with Crippen LogP contribution in [0.3, 0.4) is 0 Å². The molecule has 0 spiro atoms. The highest BCUT2D eigenvalue weighted by molar-refractivity contribution is 5.83. The van der Waals surface area contributed by atoms with E-state index in [-0.39, 0.29) is 12.2 Å². The number of hydrogen-bond acceptors (Lipinski definition) is 7. The van der Waals surface area contributed by atoms with E-state index in [4.69, 9.17) is 16.2 Å². The summed E-state index contributed by atoms with van der Waals surface area (Å²) in [5.74, 6) is 0.987. The molecule has 0 amide bonds. The molecule has 6 N–H and O–H groups in total. The minimum absolute atomic E-state index is 0.131. The van der Waals surface area contributed by atoms with Gasteiger partial charge in [-0.25, -0.2) is 5.43 Å². The summed E-state index contributed by atoms with van der Waals surface area (Å²) in [4.78, 5) is 4.66. The van der Waals surface area contributed by atoms with Crippen LogP contribution >= 0.6 is 0 Å². The Bertz CT molecular complexity index is 450. The summed E-state index contributed by atoms with van der Waals surface area (Å²) in [6.45, 7) is 8.31. The molecule has 3 atom stereocenters. The minimum atomic E-state index is -0.357. The summed E-state index contributed by atoms with van der Waals surface area (Å²) < 4.78 is 5.46. The number of nitrogens with one attached hydrogen (secondary N) is 2. The zero-order valence-electron chi connectivity index (χ0n) is 14.6. The van der Waals surface area contributed by atoms with Crippen LogP contribution in [0.2, 0.25) is 0 Å². The molecule has 2 aliphatic heterocycles. The number of amidine groups is 1. The standard InChI is InChI=1S/C16H32N6O/c1-4-12-14(17)15(22(21-12)9-10-23-5-2)16(18)20-13-8-6-7-11(3)19-13/h11-12,16,21H,4-10,17-18H2,1-3H3,(H,19,20). The maximum Gasteiger partial charge on any atom is 0.120 e. The van der Waals surface area contributed by atoms with Crippen LogP contribution in [0.5, 0.6) is 0 Å². The molecule has 0 saturated carbocycles. The third-order valence-electron chi connectivity index (χ3n) is 4.37. The molecule has 0 aromatic carbocycles. The molecule has 2 heterocycles. The lowest BCUT2D eigenvalue weighted by atomic mass is 10.1. The minimum Gasteiger partial charge on any atom is -0.399 e. The number of hydrazine groups is 1. The first-order valence-corrected chi connectivity index (χ1v) is 8.76. The fourth-order valence-electron chi connectivity index (χ4n) is 3.12. The predicted molar refractivity (Wildman–Crippen MR) is 93.5 cm³/mol. The highest BCUT2D eigenvalue weighted by Crippen LogP contribution is 2.21. The van der Waals surface area contributed by atoms with Gasteiger partial charge in [0, 0.05) is 19.1 Å². The van der Waals surface area contributed by atoms with Crippen molar-refractivity contribution in [3.63, 3.8) is 0 Å². The molecule has 0 aromatic rings. The van der Waals surface area contributed by atoms with Crippen molar-refractivity contribution >= 4 is 5.84 Å². The second kappa shape index (κ2) is 8.52. The largest absolute Gasteiger partial charge is 0.399 e. The first-order valence-electron chi connectivity index (χ1n) is 8.76. The molecule has 0 aliphatic carbocycles. The van der Waals surface area contributed by atoms with E-state index >= 15 is 0 Å².